The molecule has 6 nitrogen and oxygen atoms in total. The standard InChI is InChI=1S/C14H13FN6/c15-10-5-2-1-4-9(10)8-12-19-13(14(16)20-17)11-6-3-7-18-21(11)12/h1-7H,8,17H2,(H2,16,20). The van der Waals surface area contributed by atoms with Gasteiger partial charge in [-0.15, -0.1) is 0 Å². The molecule has 0 unspecified atom stereocenters. The minimum atomic E-state index is -0.285. The molecular weight excluding hydrogens is 271 g/mol. The third-order valence-corrected chi connectivity index (χ3v) is 3.17. The van der Waals surface area contributed by atoms with Gasteiger partial charge < -0.3 is 11.6 Å². The van der Waals surface area contributed by atoms with Crippen LogP contribution in [0.4, 0.5) is 4.39 Å². The average molecular weight is 284 g/mol. The molecule has 1 aromatic carbocycles. The number of halogens is 1. The second-order valence-corrected chi connectivity index (χ2v) is 4.48. The number of fused-ring (bicyclic) bond motifs is 1. The molecule has 0 aliphatic heterocycles. The van der Waals surface area contributed by atoms with Gasteiger partial charge in [0.2, 0.25) is 0 Å². The van der Waals surface area contributed by atoms with E-state index in [-0.39, 0.29) is 11.7 Å². The molecule has 3 aromatic rings. The maximum atomic E-state index is 13.8. The van der Waals surface area contributed by atoms with Gasteiger partial charge in [0.15, 0.2) is 5.84 Å². The van der Waals surface area contributed by atoms with Crippen molar-refractivity contribution >= 4 is 11.4 Å². The first-order valence-electron chi connectivity index (χ1n) is 6.30. The summed E-state index contributed by atoms with van der Waals surface area (Å²) in [6.07, 6.45) is 1.92. The zero-order valence-electron chi connectivity index (χ0n) is 11.1. The highest BCUT2D eigenvalue weighted by atomic mass is 19.1. The Morgan fingerprint density at radius 1 is 1.24 bits per heavy atom. The van der Waals surface area contributed by atoms with Crippen molar-refractivity contribution in [2.45, 2.75) is 6.42 Å². The molecule has 2 aromatic heterocycles. The Labute approximate surface area is 119 Å². The maximum absolute atomic E-state index is 13.8. The number of amidine groups is 1. The van der Waals surface area contributed by atoms with Crippen molar-refractivity contribution in [3.8, 4) is 0 Å². The predicted molar refractivity (Wildman–Crippen MR) is 77.1 cm³/mol. The molecule has 0 radical (unpaired) electrons. The highest BCUT2D eigenvalue weighted by molar-refractivity contribution is 6.01. The van der Waals surface area contributed by atoms with Crippen molar-refractivity contribution in [1.29, 1.82) is 0 Å². The van der Waals surface area contributed by atoms with E-state index >= 15 is 0 Å². The number of hydrogen-bond donors (Lipinski definition) is 2. The molecule has 106 valence electrons. The summed E-state index contributed by atoms with van der Waals surface area (Å²) in [5.74, 6) is 5.61. The summed E-state index contributed by atoms with van der Waals surface area (Å²) >= 11 is 0. The van der Waals surface area contributed by atoms with Crippen LogP contribution in [0, 0.1) is 5.82 Å². The Morgan fingerprint density at radius 3 is 2.81 bits per heavy atom. The summed E-state index contributed by atoms with van der Waals surface area (Å²) in [6, 6.07) is 10.1. The Kier molecular flexibility index (Phi) is 3.23. The molecular formula is C14H13FN6. The minimum Gasteiger partial charge on any atom is -0.380 e. The van der Waals surface area contributed by atoms with Crippen LogP contribution < -0.4 is 11.6 Å². The topological polar surface area (TPSA) is 94.6 Å². The molecule has 0 atom stereocenters. The monoisotopic (exact) mass is 284 g/mol. The molecule has 0 aliphatic carbocycles. The van der Waals surface area contributed by atoms with Crippen LogP contribution in [0.15, 0.2) is 47.7 Å². The molecule has 0 spiro atoms. The molecule has 7 heteroatoms. The van der Waals surface area contributed by atoms with Crippen molar-refractivity contribution in [2.24, 2.45) is 16.7 Å². The van der Waals surface area contributed by atoms with Gasteiger partial charge in [0.25, 0.3) is 0 Å². The fourth-order valence-electron chi connectivity index (χ4n) is 2.17. The van der Waals surface area contributed by atoms with E-state index < -0.39 is 0 Å². The second kappa shape index (κ2) is 5.20. The summed E-state index contributed by atoms with van der Waals surface area (Å²) < 4.78 is 15.4. The van der Waals surface area contributed by atoms with E-state index in [2.05, 4.69) is 15.2 Å². The number of rotatable bonds is 3. The maximum Gasteiger partial charge on any atom is 0.171 e. The van der Waals surface area contributed by atoms with Gasteiger partial charge in [-0.1, -0.05) is 18.2 Å². The quantitative estimate of drug-likeness (QED) is 0.325. The first-order chi connectivity index (χ1) is 10.2. The van der Waals surface area contributed by atoms with E-state index in [1.165, 1.54) is 6.07 Å². The van der Waals surface area contributed by atoms with Gasteiger partial charge in [-0.2, -0.15) is 10.2 Å². The SMILES string of the molecule is N/N=C(/N)c1nc(Cc2ccccc2F)n2ncccc12. The van der Waals surface area contributed by atoms with E-state index in [1.54, 1.807) is 41.0 Å². The lowest BCUT2D eigenvalue weighted by Gasteiger charge is -2.01. The van der Waals surface area contributed by atoms with E-state index in [9.17, 15) is 4.39 Å². The van der Waals surface area contributed by atoms with Gasteiger partial charge in [-0.05, 0) is 23.8 Å². The Morgan fingerprint density at radius 2 is 2.05 bits per heavy atom. The average Bonchev–Trinajstić information content (AvgIpc) is 2.88. The summed E-state index contributed by atoms with van der Waals surface area (Å²) in [4.78, 5) is 4.39. The van der Waals surface area contributed by atoms with Crippen molar-refractivity contribution in [3.63, 3.8) is 0 Å². The third kappa shape index (κ3) is 2.29. The summed E-state index contributed by atoms with van der Waals surface area (Å²) in [6.45, 7) is 0. The largest absolute Gasteiger partial charge is 0.380 e. The van der Waals surface area contributed by atoms with Crippen LogP contribution in [-0.2, 0) is 6.42 Å². The number of nitrogens with two attached hydrogens (primary N) is 2. The van der Waals surface area contributed by atoms with Crippen LogP contribution in [0.25, 0.3) is 5.52 Å². The number of hydrogen-bond acceptors (Lipinski definition) is 4. The van der Waals surface area contributed by atoms with Gasteiger partial charge in [-0.25, -0.2) is 13.9 Å². The molecule has 0 saturated carbocycles. The van der Waals surface area contributed by atoms with Crippen molar-refractivity contribution in [3.05, 3.63) is 65.5 Å². The zero-order chi connectivity index (χ0) is 14.8. The highest BCUT2D eigenvalue weighted by Gasteiger charge is 2.15. The summed E-state index contributed by atoms with van der Waals surface area (Å²) in [5.41, 5.74) is 7.39. The van der Waals surface area contributed by atoms with Crippen LogP contribution in [0.2, 0.25) is 0 Å². The van der Waals surface area contributed by atoms with Gasteiger partial charge in [0, 0.05) is 12.6 Å². The van der Waals surface area contributed by atoms with Crippen LogP contribution >= 0.6 is 0 Å². The highest BCUT2D eigenvalue weighted by Crippen LogP contribution is 2.16. The van der Waals surface area contributed by atoms with Gasteiger partial charge in [0.1, 0.15) is 17.3 Å². The van der Waals surface area contributed by atoms with E-state index in [0.29, 0.717) is 29.0 Å². The smallest absolute Gasteiger partial charge is 0.171 e. The van der Waals surface area contributed by atoms with E-state index in [1.807, 2.05) is 0 Å². The lowest BCUT2D eigenvalue weighted by Crippen LogP contribution is -2.16. The third-order valence-electron chi connectivity index (χ3n) is 3.17. The minimum absolute atomic E-state index is 0.111. The zero-order valence-corrected chi connectivity index (χ0v) is 11.1. The number of aromatic nitrogens is 3. The van der Waals surface area contributed by atoms with E-state index in [4.69, 9.17) is 11.6 Å². The molecule has 0 saturated heterocycles. The predicted octanol–water partition coefficient (Wildman–Crippen LogP) is 1.04. The molecule has 2 heterocycles. The summed E-state index contributed by atoms with van der Waals surface area (Å²) in [7, 11) is 0. The Bertz CT molecular complexity index is 823. The van der Waals surface area contributed by atoms with Crippen LogP contribution in [0.3, 0.4) is 0 Å². The first-order valence-corrected chi connectivity index (χ1v) is 6.30. The Balaban J connectivity index is 2.13. The van der Waals surface area contributed by atoms with Crippen LogP contribution in [0.5, 0.6) is 0 Å². The molecule has 3 rings (SSSR count). The lowest BCUT2D eigenvalue weighted by molar-refractivity contribution is 0.611. The summed E-state index contributed by atoms with van der Waals surface area (Å²) in [5, 5.41) is 7.69. The number of imidazole rings is 1. The Hall–Kier alpha value is -2.96. The lowest BCUT2D eigenvalue weighted by atomic mass is 10.1. The van der Waals surface area contributed by atoms with Crippen molar-refractivity contribution < 1.29 is 4.39 Å². The first kappa shape index (κ1) is 13.0. The van der Waals surface area contributed by atoms with Crippen molar-refractivity contribution in [2.75, 3.05) is 0 Å². The molecule has 0 fully saturated rings. The van der Waals surface area contributed by atoms with Crippen LogP contribution in [-0.4, -0.2) is 20.4 Å². The van der Waals surface area contributed by atoms with Crippen molar-refractivity contribution in [1.82, 2.24) is 14.6 Å². The number of nitrogens with zero attached hydrogens (tertiary/aromatic N) is 4. The van der Waals surface area contributed by atoms with E-state index in [0.717, 1.165) is 0 Å². The molecule has 21 heavy (non-hydrogen) atoms. The van der Waals surface area contributed by atoms with Gasteiger partial charge >= 0.3 is 0 Å². The molecule has 0 bridgehead atoms. The molecule has 4 N–H and O–H groups in total. The fourth-order valence-corrected chi connectivity index (χ4v) is 2.17. The molecule has 0 aliphatic rings. The normalized spacial score (nSPS) is 12.0. The molecule has 0 amide bonds. The van der Waals surface area contributed by atoms with Gasteiger partial charge in [-0.3, -0.25) is 0 Å². The number of benzene rings is 1. The van der Waals surface area contributed by atoms with Crippen LogP contribution in [0.1, 0.15) is 17.1 Å². The van der Waals surface area contributed by atoms with Gasteiger partial charge in [0.05, 0.1) is 5.52 Å². The number of hydrazone groups is 1. The fraction of sp³-hybridized carbons (Fsp3) is 0.0714. The second-order valence-electron chi connectivity index (χ2n) is 4.48.